The average Bonchev–Trinajstić information content (AvgIpc) is 3.20. The molecule has 0 unspecified atom stereocenters. The van der Waals surface area contributed by atoms with Crippen molar-refractivity contribution in [3.63, 3.8) is 0 Å². The summed E-state index contributed by atoms with van der Waals surface area (Å²) in [7, 11) is 0. The van der Waals surface area contributed by atoms with E-state index in [2.05, 4.69) is 26.2 Å². The second-order valence-corrected chi connectivity index (χ2v) is 7.37. The number of amidine groups is 1. The first-order chi connectivity index (χ1) is 12.1. The van der Waals surface area contributed by atoms with Crippen molar-refractivity contribution in [1.82, 2.24) is 5.32 Å². The fourth-order valence-corrected chi connectivity index (χ4v) is 3.90. The minimum atomic E-state index is -0.208. The van der Waals surface area contributed by atoms with Crippen LogP contribution in [0.15, 0.2) is 50.8 Å². The van der Waals surface area contributed by atoms with Crippen LogP contribution in [-0.4, -0.2) is 17.9 Å². The van der Waals surface area contributed by atoms with Crippen LogP contribution >= 0.6 is 39.3 Å². The van der Waals surface area contributed by atoms with Crippen molar-refractivity contribution in [3.05, 3.63) is 56.4 Å². The zero-order valence-corrected chi connectivity index (χ0v) is 15.7. The van der Waals surface area contributed by atoms with Crippen molar-refractivity contribution in [3.8, 4) is 11.5 Å². The predicted octanol–water partition coefficient (Wildman–Crippen LogP) is 4.72. The molecule has 1 fully saturated rings. The number of para-hydroxylation sites is 1. The number of thioether (sulfide) groups is 1. The molecule has 2 aromatic carbocycles. The number of carbonyl (C=O) groups is 1. The van der Waals surface area contributed by atoms with Gasteiger partial charge in [0.05, 0.1) is 20.1 Å². The highest BCUT2D eigenvalue weighted by atomic mass is 79.9. The number of halogens is 2. The Balaban J connectivity index is 1.63. The lowest BCUT2D eigenvalue weighted by Gasteiger charge is -2.03. The molecule has 2 aliphatic heterocycles. The third-order valence-electron chi connectivity index (χ3n) is 3.52. The zero-order valence-electron chi connectivity index (χ0n) is 12.6. The summed E-state index contributed by atoms with van der Waals surface area (Å²) in [6.45, 7) is 0.192. The van der Waals surface area contributed by atoms with Gasteiger partial charge in [0.25, 0.3) is 5.91 Å². The predicted molar refractivity (Wildman–Crippen MR) is 103 cm³/mol. The number of ether oxygens (including phenoxy) is 2. The van der Waals surface area contributed by atoms with Crippen LogP contribution in [0.3, 0.4) is 0 Å². The molecule has 2 aliphatic rings. The van der Waals surface area contributed by atoms with Crippen molar-refractivity contribution in [2.45, 2.75) is 0 Å². The lowest BCUT2D eigenvalue weighted by molar-refractivity contribution is -0.115. The molecule has 0 saturated carbocycles. The van der Waals surface area contributed by atoms with Gasteiger partial charge in [-0.25, -0.2) is 4.99 Å². The molecule has 126 valence electrons. The Morgan fingerprint density at radius 2 is 2.08 bits per heavy atom. The monoisotopic (exact) mass is 436 g/mol. The van der Waals surface area contributed by atoms with Gasteiger partial charge in [-0.3, -0.25) is 4.79 Å². The van der Waals surface area contributed by atoms with Crippen molar-refractivity contribution >= 4 is 62.1 Å². The van der Waals surface area contributed by atoms with E-state index in [0.29, 0.717) is 32.3 Å². The van der Waals surface area contributed by atoms with Crippen LogP contribution in [0.25, 0.3) is 6.08 Å². The summed E-state index contributed by atoms with van der Waals surface area (Å²) in [5, 5.41) is 3.76. The minimum Gasteiger partial charge on any atom is -0.454 e. The Bertz CT molecular complexity index is 945. The second kappa shape index (κ2) is 6.74. The van der Waals surface area contributed by atoms with E-state index >= 15 is 0 Å². The number of benzene rings is 2. The molecule has 0 radical (unpaired) electrons. The smallest absolute Gasteiger partial charge is 0.264 e. The van der Waals surface area contributed by atoms with Crippen LogP contribution in [-0.2, 0) is 4.79 Å². The van der Waals surface area contributed by atoms with Gasteiger partial charge in [0.1, 0.15) is 0 Å². The molecule has 1 saturated heterocycles. The molecule has 8 heteroatoms. The third-order valence-corrected chi connectivity index (χ3v) is 5.57. The molecule has 0 aromatic heterocycles. The molecule has 0 atom stereocenters. The summed E-state index contributed by atoms with van der Waals surface area (Å²) >= 11 is 10.9. The van der Waals surface area contributed by atoms with Gasteiger partial charge in [0.2, 0.25) is 6.79 Å². The summed E-state index contributed by atoms with van der Waals surface area (Å²) in [5.41, 5.74) is 1.43. The molecular formula is C17H10BrClN2O3S. The van der Waals surface area contributed by atoms with Crippen LogP contribution in [0.4, 0.5) is 5.69 Å². The Morgan fingerprint density at radius 1 is 1.24 bits per heavy atom. The topological polar surface area (TPSA) is 59.9 Å². The molecule has 1 amide bonds. The molecular weight excluding hydrogens is 428 g/mol. The molecule has 0 aliphatic carbocycles. The lowest BCUT2D eigenvalue weighted by Crippen LogP contribution is -2.19. The first-order valence-corrected chi connectivity index (χ1v) is 9.23. The average molecular weight is 438 g/mol. The van der Waals surface area contributed by atoms with Gasteiger partial charge in [-0.05, 0) is 63.6 Å². The molecule has 2 aromatic rings. The van der Waals surface area contributed by atoms with Crippen LogP contribution < -0.4 is 14.8 Å². The highest BCUT2D eigenvalue weighted by Crippen LogP contribution is 2.42. The number of rotatable bonds is 2. The zero-order chi connectivity index (χ0) is 17.4. The number of nitrogens with zero attached hydrogens (tertiary/aromatic N) is 1. The number of aliphatic imine (C=N–C) groups is 1. The maximum absolute atomic E-state index is 12.2. The summed E-state index contributed by atoms with van der Waals surface area (Å²) in [6.07, 6.45) is 1.78. The van der Waals surface area contributed by atoms with E-state index in [1.165, 1.54) is 11.8 Å². The van der Waals surface area contributed by atoms with Crippen LogP contribution in [0.1, 0.15) is 5.56 Å². The van der Waals surface area contributed by atoms with Crippen LogP contribution in [0.2, 0.25) is 5.02 Å². The van der Waals surface area contributed by atoms with Crippen molar-refractivity contribution in [1.29, 1.82) is 0 Å². The largest absolute Gasteiger partial charge is 0.454 e. The van der Waals surface area contributed by atoms with Gasteiger partial charge in [-0.2, -0.15) is 0 Å². The standard InChI is InChI=1S/C17H10BrClN2O3S/c18-14-9(5-6-12-15(14)24-8-23-12)7-13-16(22)21-17(25-13)20-11-4-2-1-3-10(11)19/h1-7H,8H2,(H,20,21,22)/b13-7+. The van der Waals surface area contributed by atoms with Gasteiger partial charge < -0.3 is 14.8 Å². The first-order valence-electron chi connectivity index (χ1n) is 7.24. The lowest BCUT2D eigenvalue weighted by atomic mass is 10.2. The number of amides is 1. The fourth-order valence-electron chi connectivity index (χ4n) is 2.34. The number of nitrogens with one attached hydrogen (secondary N) is 1. The summed E-state index contributed by atoms with van der Waals surface area (Å²) in [6, 6.07) is 10.9. The highest BCUT2D eigenvalue weighted by molar-refractivity contribution is 9.10. The van der Waals surface area contributed by atoms with E-state index in [-0.39, 0.29) is 12.7 Å². The number of carbonyl (C=O) groups excluding carboxylic acids is 1. The maximum Gasteiger partial charge on any atom is 0.264 e. The number of fused-ring (bicyclic) bond motifs is 1. The Hall–Kier alpha value is -1.96. The Kier molecular flexibility index (Phi) is 4.45. The van der Waals surface area contributed by atoms with Gasteiger partial charge in [0.15, 0.2) is 16.7 Å². The first kappa shape index (κ1) is 16.5. The summed E-state index contributed by atoms with van der Waals surface area (Å²) in [5.74, 6) is 1.11. The van der Waals surface area contributed by atoms with Gasteiger partial charge in [-0.1, -0.05) is 23.7 Å². The minimum absolute atomic E-state index is 0.192. The van der Waals surface area contributed by atoms with E-state index in [1.807, 2.05) is 24.3 Å². The van der Waals surface area contributed by atoms with E-state index in [4.69, 9.17) is 21.1 Å². The molecule has 4 rings (SSSR count). The Morgan fingerprint density at radius 3 is 2.92 bits per heavy atom. The molecule has 0 spiro atoms. The van der Waals surface area contributed by atoms with Crippen molar-refractivity contribution < 1.29 is 14.3 Å². The van der Waals surface area contributed by atoms with Gasteiger partial charge in [0, 0.05) is 0 Å². The molecule has 25 heavy (non-hydrogen) atoms. The van der Waals surface area contributed by atoms with E-state index in [1.54, 1.807) is 18.2 Å². The van der Waals surface area contributed by atoms with E-state index < -0.39 is 0 Å². The number of hydrogen-bond acceptors (Lipinski definition) is 5. The van der Waals surface area contributed by atoms with Gasteiger partial charge >= 0.3 is 0 Å². The van der Waals surface area contributed by atoms with E-state index in [9.17, 15) is 4.79 Å². The van der Waals surface area contributed by atoms with Crippen molar-refractivity contribution in [2.75, 3.05) is 6.79 Å². The summed E-state index contributed by atoms with van der Waals surface area (Å²) < 4.78 is 11.5. The quantitative estimate of drug-likeness (QED) is 0.691. The van der Waals surface area contributed by atoms with Crippen LogP contribution in [0.5, 0.6) is 11.5 Å². The van der Waals surface area contributed by atoms with Gasteiger partial charge in [-0.15, -0.1) is 0 Å². The molecule has 5 nitrogen and oxygen atoms in total. The second-order valence-electron chi connectivity index (χ2n) is 5.14. The molecule has 1 N–H and O–H groups in total. The van der Waals surface area contributed by atoms with Crippen molar-refractivity contribution in [2.24, 2.45) is 4.99 Å². The third kappa shape index (κ3) is 3.27. The number of hydrogen-bond donors (Lipinski definition) is 1. The van der Waals surface area contributed by atoms with E-state index in [0.717, 1.165) is 10.0 Å². The fraction of sp³-hybridized carbons (Fsp3) is 0.0588. The summed E-state index contributed by atoms with van der Waals surface area (Å²) in [4.78, 5) is 17.2. The normalized spacial score (nSPS) is 18.9. The molecule has 0 bridgehead atoms. The maximum atomic E-state index is 12.2. The SMILES string of the molecule is O=C1NC(=Nc2ccccc2Cl)S/C1=C/c1ccc2c(c1Br)OCO2. The molecule has 2 heterocycles. The van der Waals surface area contributed by atoms with Crippen LogP contribution in [0, 0.1) is 0 Å². The highest BCUT2D eigenvalue weighted by Gasteiger charge is 2.25. The Labute approximate surface area is 161 Å².